The summed E-state index contributed by atoms with van der Waals surface area (Å²) in [6.07, 6.45) is -0.493. The maximum Gasteiger partial charge on any atom is 0.307 e. The number of para-hydroxylation sites is 1. The van der Waals surface area contributed by atoms with E-state index in [1.807, 2.05) is 30.3 Å². The van der Waals surface area contributed by atoms with Crippen molar-refractivity contribution in [1.82, 2.24) is 9.80 Å². The van der Waals surface area contributed by atoms with Gasteiger partial charge in [-0.1, -0.05) is 18.2 Å². The third-order valence-corrected chi connectivity index (χ3v) is 4.16. The van der Waals surface area contributed by atoms with Crippen molar-refractivity contribution in [2.45, 2.75) is 12.5 Å². The van der Waals surface area contributed by atoms with Crippen LogP contribution < -0.4 is 10.5 Å². The van der Waals surface area contributed by atoms with Gasteiger partial charge in [0.2, 0.25) is 0 Å². The minimum atomic E-state index is -0.830. The summed E-state index contributed by atoms with van der Waals surface area (Å²) in [6, 6.07) is 9.23. The Bertz CT molecular complexity index is 492. The number of ether oxygens (including phenoxy) is 2. The molecule has 2 rings (SSSR count). The van der Waals surface area contributed by atoms with Gasteiger partial charge in [-0.05, 0) is 12.1 Å². The number of carbonyl (C=O) groups excluding carboxylic acids is 1. The van der Waals surface area contributed by atoms with E-state index in [4.69, 9.17) is 15.2 Å². The number of hydrogen-bond donors (Lipinski definition) is 2. The molecule has 0 saturated carbocycles. The van der Waals surface area contributed by atoms with Gasteiger partial charge in [0.25, 0.3) is 0 Å². The first kappa shape index (κ1) is 19.7. The zero-order valence-corrected chi connectivity index (χ0v) is 14.7. The first-order chi connectivity index (χ1) is 12.2. The molecular formula is C18H29N3O4. The first-order valence-corrected chi connectivity index (χ1v) is 8.83. The molecule has 7 heteroatoms. The largest absolute Gasteiger partial charge is 0.491 e. The van der Waals surface area contributed by atoms with Gasteiger partial charge in [-0.3, -0.25) is 9.69 Å². The Morgan fingerprint density at radius 1 is 1.08 bits per heavy atom. The van der Waals surface area contributed by atoms with E-state index in [1.165, 1.54) is 0 Å². The quantitative estimate of drug-likeness (QED) is 0.571. The van der Waals surface area contributed by atoms with Crippen LogP contribution >= 0.6 is 0 Å². The summed E-state index contributed by atoms with van der Waals surface area (Å²) < 4.78 is 10.5. The van der Waals surface area contributed by atoms with E-state index in [-0.39, 0.29) is 19.2 Å². The SMILES string of the molecule is NCCN1CCN(CCC(=O)OCC(O)COc2ccccc2)CC1. The van der Waals surface area contributed by atoms with Gasteiger partial charge in [-0.15, -0.1) is 0 Å². The highest BCUT2D eigenvalue weighted by atomic mass is 16.5. The number of nitrogens with two attached hydrogens (primary N) is 1. The van der Waals surface area contributed by atoms with Crippen LogP contribution in [0.4, 0.5) is 0 Å². The van der Waals surface area contributed by atoms with Gasteiger partial charge in [0.05, 0.1) is 6.42 Å². The van der Waals surface area contributed by atoms with Gasteiger partial charge in [0.15, 0.2) is 0 Å². The Hall–Kier alpha value is -1.67. The van der Waals surface area contributed by atoms with Gasteiger partial charge in [-0.25, -0.2) is 0 Å². The van der Waals surface area contributed by atoms with Crippen molar-refractivity contribution in [2.75, 3.05) is 59.0 Å². The Labute approximate surface area is 149 Å². The fourth-order valence-corrected chi connectivity index (χ4v) is 2.69. The minimum Gasteiger partial charge on any atom is -0.491 e. The van der Waals surface area contributed by atoms with E-state index < -0.39 is 6.10 Å². The van der Waals surface area contributed by atoms with Crippen molar-refractivity contribution in [3.8, 4) is 5.75 Å². The normalized spacial score (nSPS) is 17.2. The molecule has 0 radical (unpaired) electrons. The molecule has 1 aliphatic heterocycles. The Morgan fingerprint density at radius 2 is 1.72 bits per heavy atom. The number of nitrogens with zero attached hydrogens (tertiary/aromatic N) is 2. The van der Waals surface area contributed by atoms with Crippen LogP contribution in [0.15, 0.2) is 30.3 Å². The third kappa shape index (κ3) is 7.83. The molecule has 1 unspecified atom stereocenters. The number of carbonyl (C=O) groups is 1. The van der Waals surface area contributed by atoms with Crippen LogP contribution in [0.5, 0.6) is 5.75 Å². The lowest BCUT2D eigenvalue weighted by Gasteiger charge is -2.34. The molecule has 1 heterocycles. The molecule has 0 aliphatic carbocycles. The van der Waals surface area contributed by atoms with Crippen LogP contribution in [-0.4, -0.2) is 86.0 Å². The van der Waals surface area contributed by atoms with E-state index in [9.17, 15) is 9.90 Å². The number of aliphatic hydroxyl groups excluding tert-OH is 1. The van der Waals surface area contributed by atoms with Crippen LogP contribution in [0.25, 0.3) is 0 Å². The van der Waals surface area contributed by atoms with Crippen LogP contribution in [0.1, 0.15) is 6.42 Å². The van der Waals surface area contributed by atoms with Gasteiger partial charge in [0, 0.05) is 45.8 Å². The highest BCUT2D eigenvalue weighted by Gasteiger charge is 2.17. The van der Waals surface area contributed by atoms with Gasteiger partial charge >= 0.3 is 5.97 Å². The van der Waals surface area contributed by atoms with E-state index in [0.717, 1.165) is 32.7 Å². The van der Waals surface area contributed by atoms with Crippen molar-refractivity contribution in [1.29, 1.82) is 0 Å². The number of esters is 1. The Morgan fingerprint density at radius 3 is 2.36 bits per heavy atom. The van der Waals surface area contributed by atoms with Crippen LogP contribution in [-0.2, 0) is 9.53 Å². The fraction of sp³-hybridized carbons (Fsp3) is 0.611. The van der Waals surface area contributed by atoms with Gasteiger partial charge < -0.3 is 25.2 Å². The fourth-order valence-electron chi connectivity index (χ4n) is 2.69. The molecule has 7 nitrogen and oxygen atoms in total. The van der Waals surface area contributed by atoms with Crippen LogP contribution in [0.3, 0.4) is 0 Å². The molecule has 25 heavy (non-hydrogen) atoms. The standard InChI is InChI=1S/C18H29N3O4/c19-7-9-21-12-10-20(11-13-21)8-6-18(23)25-15-16(22)14-24-17-4-2-1-3-5-17/h1-5,16,22H,6-15,19H2. The Balaban J connectivity index is 1.53. The van der Waals surface area contributed by atoms with Gasteiger partial charge in [0.1, 0.15) is 25.1 Å². The maximum absolute atomic E-state index is 11.8. The minimum absolute atomic E-state index is 0.0457. The zero-order chi connectivity index (χ0) is 17.9. The highest BCUT2D eigenvalue weighted by Crippen LogP contribution is 2.08. The van der Waals surface area contributed by atoms with E-state index in [2.05, 4.69) is 9.80 Å². The molecule has 1 fully saturated rings. The van der Waals surface area contributed by atoms with Crippen molar-refractivity contribution in [3.05, 3.63) is 30.3 Å². The van der Waals surface area contributed by atoms with Crippen molar-refractivity contribution in [3.63, 3.8) is 0 Å². The number of hydrogen-bond acceptors (Lipinski definition) is 7. The molecule has 3 N–H and O–H groups in total. The first-order valence-electron chi connectivity index (χ1n) is 8.83. The summed E-state index contributed by atoms with van der Waals surface area (Å²) in [4.78, 5) is 16.4. The smallest absolute Gasteiger partial charge is 0.307 e. The number of piperazine rings is 1. The molecule has 0 amide bonds. The molecule has 1 aliphatic rings. The molecule has 1 saturated heterocycles. The summed E-state index contributed by atoms with van der Waals surface area (Å²) in [7, 11) is 0. The summed E-state index contributed by atoms with van der Waals surface area (Å²) in [5, 5.41) is 9.83. The monoisotopic (exact) mass is 351 g/mol. The highest BCUT2D eigenvalue weighted by molar-refractivity contribution is 5.69. The topological polar surface area (TPSA) is 88.3 Å². The summed E-state index contributed by atoms with van der Waals surface area (Å²) >= 11 is 0. The van der Waals surface area contributed by atoms with Crippen LogP contribution in [0.2, 0.25) is 0 Å². The predicted molar refractivity (Wildman–Crippen MR) is 95.5 cm³/mol. The number of rotatable bonds is 10. The summed E-state index contributed by atoms with van der Waals surface area (Å²) in [5.41, 5.74) is 5.56. The summed E-state index contributed by atoms with van der Waals surface area (Å²) in [6.45, 7) is 6.22. The predicted octanol–water partition coefficient (Wildman–Crippen LogP) is -0.0641. The number of benzene rings is 1. The maximum atomic E-state index is 11.8. The lowest BCUT2D eigenvalue weighted by molar-refractivity contribution is -0.147. The molecule has 0 bridgehead atoms. The van der Waals surface area contributed by atoms with Gasteiger partial charge in [-0.2, -0.15) is 0 Å². The molecule has 1 atom stereocenters. The second-order valence-electron chi connectivity index (χ2n) is 6.18. The van der Waals surface area contributed by atoms with Crippen molar-refractivity contribution >= 4 is 5.97 Å². The average Bonchev–Trinajstić information content (AvgIpc) is 2.65. The summed E-state index contributed by atoms with van der Waals surface area (Å²) in [5.74, 6) is 0.393. The Kier molecular flexibility index (Phi) is 8.68. The number of aliphatic hydroxyl groups is 1. The molecule has 1 aromatic carbocycles. The third-order valence-electron chi connectivity index (χ3n) is 4.16. The van der Waals surface area contributed by atoms with Crippen molar-refractivity contribution in [2.24, 2.45) is 5.73 Å². The lowest BCUT2D eigenvalue weighted by Crippen LogP contribution is -2.48. The van der Waals surface area contributed by atoms with Crippen molar-refractivity contribution < 1.29 is 19.4 Å². The lowest BCUT2D eigenvalue weighted by atomic mass is 10.3. The molecular weight excluding hydrogens is 322 g/mol. The molecule has 1 aromatic rings. The van der Waals surface area contributed by atoms with Crippen LogP contribution in [0, 0.1) is 0 Å². The van der Waals surface area contributed by atoms with E-state index in [1.54, 1.807) is 0 Å². The molecule has 140 valence electrons. The molecule has 0 spiro atoms. The molecule has 0 aromatic heterocycles. The van der Waals surface area contributed by atoms with E-state index in [0.29, 0.717) is 25.3 Å². The average molecular weight is 351 g/mol. The second-order valence-corrected chi connectivity index (χ2v) is 6.18. The zero-order valence-electron chi connectivity index (χ0n) is 14.7. The second kappa shape index (κ2) is 11.0. The van der Waals surface area contributed by atoms with E-state index >= 15 is 0 Å².